The number of nitrogens with one attached hydrogen (secondary N) is 1. The number of carbonyl (C=O) groups excluding carboxylic acids is 1. The molecule has 0 spiro atoms. The van der Waals surface area contributed by atoms with Gasteiger partial charge < -0.3 is 10.1 Å². The van der Waals surface area contributed by atoms with Crippen molar-refractivity contribution in [2.24, 2.45) is 0 Å². The smallest absolute Gasteiger partial charge is 0.276 e. The average molecular weight is 393 g/mol. The molecule has 0 radical (unpaired) electrons. The Hall–Kier alpha value is -3.15. The van der Waals surface area contributed by atoms with Gasteiger partial charge in [0.05, 0.1) is 18.0 Å². The van der Waals surface area contributed by atoms with Crippen LogP contribution in [0.2, 0.25) is 0 Å². The minimum Gasteiger partial charge on any atom is -0.492 e. The van der Waals surface area contributed by atoms with E-state index in [4.69, 9.17) is 4.74 Å². The van der Waals surface area contributed by atoms with E-state index in [1.54, 1.807) is 17.7 Å². The lowest BCUT2D eigenvalue weighted by atomic mass is 9.95. The van der Waals surface area contributed by atoms with Crippen LogP contribution in [0.5, 0.6) is 5.75 Å². The zero-order valence-electron chi connectivity index (χ0n) is 16.7. The molecule has 0 bridgehead atoms. The zero-order chi connectivity index (χ0) is 20.4. The highest BCUT2D eigenvalue weighted by Crippen LogP contribution is 2.29. The van der Waals surface area contributed by atoms with Crippen LogP contribution in [-0.2, 0) is 12.8 Å². The van der Waals surface area contributed by atoms with E-state index < -0.39 is 0 Å². The van der Waals surface area contributed by atoms with Gasteiger partial charge in [-0.25, -0.2) is 9.07 Å². The van der Waals surface area contributed by atoms with Crippen molar-refractivity contribution in [1.82, 2.24) is 9.78 Å². The van der Waals surface area contributed by atoms with Crippen molar-refractivity contribution in [2.45, 2.75) is 39.5 Å². The van der Waals surface area contributed by atoms with Crippen LogP contribution in [0.1, 0.15) is 47.1 Å². The van der Waals surface area contributed by atoms with Gasteiger partial charge >= 0.3 is 0 Å². The first-order valence-corrected chi connectivity index (χ1v) is 9.99. The van der Waals surface area contributed by atoms with Crippen LogP contribution in [0.15, 0.2) is 42.5 Å². The predicted octanol–water partition coefficient (Wildman–Crippen LogP) is 4.85. The Bertz CT molecular complexity index is 1060. The fraction of sp³-hybridized carbons (Fsp3) is 0.304. The zero-order valence-corrected chi connectivity index (χ0v) is 16.7. The van der Waals surface area contributed by atoms with E-state index in [1.807, 2.05) is 37.3 Å². The minimum atomic E-state index is -0.279. The number of ether oxygens (including phenoxy) is 1. The Morgan fingerprint density at radius 3 is 2.79 bits per heavy atom. The van der Waals surface area contributed by atoms with Crippen molar-refractivity contribution in [1.29, 1.82) is 0 Å². The summed E-state index contributed by atoms with van der Waals surface area (Å²) in [4.78, 5) is 13.1. The first-order chi connectivity index (χ1) is 14.1. The topological polar surface area (TPSA) is 56.1 Å². The number of fused-ring (bicyclic) bond motifs is 1. The number of nitrogens with zero attached hydrogens (tertiary/aromatic N) is 2. The quantitative estimate of drug-likeness (QED) is 0.674. The summed E-state index contributed by atoms with van der Waals surface area (Å²) in [7, 11) is 0. The van der Waals surface area contributed by atoms with Gasteiger partial charge in [-0.3, -0.25) is 4.79 Å². The second-order valence-corrected chi connectivity index (χ2v) is 7.21. The maximum atomic E-state index is 14.1. The van der Waals surface area contributed by atoms with Crippen molar-refractivity contribution in [3.63, 3.8) is 0 Å². The van der Waals surface area contributed by atoms with E-state index >= 15 is 0 Å². The number of aromatic nitrogens is 2. The molecule has 4 rings (SSSR count). The monoisotopic (exact) mass is 393 g/mol. The minimum absolute atomic E-state index is 0.276. The van der Waals surface area contributed by atoms with Crippen LogP contribution < -0.4 is 10.1 Å². The number of hydrogen-bond acceptors (Lipinski definition) is 3. The van der Waals surface area contributed by atoms with E-state index in [0.29, 0.717) is 35.0 Å². The molecule has 6 heteroatoms. The molecular weight excluding hydrogens is 369 g/mol. The molecule has 2 aromatic carbocycles. The van der Waals surface area contributed by atoms with Crippen molar-refractivity contribution in [3.05, 3.63) is 70.8 Å². The fourth-order valence-corrected chi connectivity index (χ4v) is 3.74. The largest absolute Gasteiger partial charge is 0.492 e. The lowest BCUT2D eigenvalue weighted by molar-refractivity contribution is 0.102. The summed E-state index contributed by atoms with van der Waals surface area (Å²) >= 11 is 0. The highest BCUT2D eigenvalue weighted by atomic mass is 19.1. The van der Waals surface area contributed by atoms with Crippen LogP contribution in [0.4, 0.5) is 10.1 Å². The van der Waals surface area contributed by atoms with Gasteiger partial charge in [-0.2, -0.15) is 5.10 Å². The number of hydrogen-bond donors (Lipinski definition) is 1. The summed E-state index contributed by atoms with van der Waals surface area (Å²) in [6.07, 6.45) is 3.65. The molecule has 1 aliphatic carbocycles. The highest BCUT2D eigenvalue weighted by Gasteiger charge is 2.26. The Kier molecular flexibility index (Phi) is 5.34. The second-order valence-electron chi connectivity index (χ2n) is 7.21. The summed E-state index contributed by atoms with van der Waals surface area (Å²) in [6.45, 7) is 4.14. The summed E-state index contributed by atoms with van der Waals surface area (Å²) in [5.74, 6) is 0.0677. The summed E-state index contributed by atoms with van der Waals surface area (Å²) in [6, 6.07) is 12.4. The van der Waals surface area contributed by atoms with Crippen molar-refractivity contribution < 1.29 is 13.9 Å². The SMILES string of the molecule is CCOc1ccccc1NC(=O)c1nn(-c2ccc(C)c(F)c2)c2c1CCCC2. The number of benzene rings is 2. The molecule has 1 heterocycles. The van der Waals surface area contributed by atoms with Crippen LogP contribution in [0.25, 0.3) is 5.69 Å². The van der Waals surface area contributed by atoms with Crippen molar-refractivity contribution >= 4 is 11.6 Å². The number of halogens is 1. The van der Waals surface area contributed by atoms with Crippen LogP contribution in [0.3, 0.4) is 0 Å². The number of amides is 1. The number of aryl methyl sites for hydroxylation is 1. The summed E-state index contributed by atoms with van der Waals surface area (Å²) in [5.41, 5.74) is 4.17. The Balaban J connectivity index is 1.72. The van der Waals surface area contributed by atoms with Crippen molar-refractivity contribution in [2.75, 3.05) is 11.9 Å². The Morgan fingerprint density at radius 2 is 2.00 bits per heavy atom. The summed E-state index contributed by atoms with van der Waals surface area (Å²) in [5, 5.41) is 7.53. The Labute approximate surface area is 169 Å². The van der Waals surface area contributed by atoms with E-state index in [-0.39, 0.29) is 11.7 Å². The maximum Gasteiger partial charge on any atom is 0.276 e. The van der Waals surface area contributed by atoms with Gasteiger partial charge in [-0.1, -0.05) is 18.2 Å². The average Bonchev–Trinajstić information content (AvgIpc) is 3.12. The molecule has 0 saturated carbocycles. The van der Waals surface area contributed by atoms with E-state index in [1.165, 1.54) is 6.07 Å². The third kappa shape index (κ3) is 3.75. The molecular formula is C23H24FN3O2. The lowest BCUT2D eigenvalue weighted by Gasteiger charge is -2.15. The number of carbonyl (C=O) groups is 1. The standard InChI is InChI=1S/C23H24FN3O2/c1-3-29-21-11-7-5-9-19(21)25-23(28)22-17-8-4-6-10-20(17)27(26-22)16-13-12-15(2)18(24)14-16/h5,7,9,11-14H,3-4,6,8,10H2,1-2H3,(H,25,28). The Morgan fingerprint density at radius 1 is 1.21 bits per heavy atom. The van der Waals surface area contributed by atoms with Crippen LogP contribution in [0, 0.1) is 12.7 Å². The summed E-state index contributed by atoms with van der Waals surface area (Å²) < 4.78 is 21.5. The molecule has 1 amide bonds. The number of para-hydroxylation sites is 2. The number of rotatable bonds is 5. The molecule has 0 saturated heterocycles. The predicted molar refractivity (Wildman–Crippen MR) is 110 cm³/mol. The third-order valence-corrected chi connectivity index (χ3v) is 5.23. The number of anilines is 1. The van der Waals surface area contributed by atoms with Gasteiger partial charge in [0.15, 0.2) is 5.69 Å². The molecule has 0 atom stereocenters. The van der Waals surface area contributed by atoms with Gasteiger partial charge in [0, 0.05) is 11.3 Å². The van der Waals surface area contributed by atoms with Crippen LogP contribution in [-0.4, -0.2) is 22.3 Å². The van der Waals surface area contributed by atoms with E-state index in [9.17, 15) is 9.18 Å². The maximum absolute atomic E-state index is 14.1. The molecule has 1 N–H and O–H groups in total. The molecule has 0 unspecified atom stereocenters. The second kappa shape index (κ2) is 8.07. The molecule has 1 aliphatic rings. The highest BCUT2D eigenvalue weighted by molar-refractivity contribution is 6.05. The lowest BCUT2D eigenvalue weighted by Crippen LogP contribution is -2.16. The van der Waals surface area contributed by atoms with Gasteiger partial charge in [0.2, 0.25) is 0 Å². The molecule has 3 aromatic rings. The van der Waals surface area contributed by atoms with E-state index in [0.717, 1.165) is 36.9 Å². The molecule has 150 valence electrons. The third-order valence-electron chi connectivity index (χ3n) is 5.23. The van der Waals surface area contributed by atoms with Crippen molar-refractivity contribution in [3.8, 4) is 11.4 Å². The molecule has 5 nitrogen and oxygen atoms in total. The molecule has 0 aliphatic heterocycles. The molecule has 1 aromatic heterocycles. The molecule has 0 fully saturated rings. The van der Waals surface area contributed by atoms with Gasteiger partial charge in [0.25, 0.3) is 5.91 Å². The first-order valence-electron chi connectivity index (χ1n) is 9.99. The normalized spacial score (nSPS) is 13.1. The van der Waals surface area contributed by atoms with Crippen LogP contribution >= 0.6 is 0 Å². The fourth-order valence-electron chi connectivity index (χ4n) is 3.74. The van der Waals surface area contributed by atoms with Gasteiger partial charge in [-0.15, -0.1) is 0 Å². The van der Waals surface area contributed by atoms with Gasteiger partial charge in [0.1, 0.15) is 11.6 Å². The molecule has 29 heavy (non-hydrogen) atoms. The van der Waals surface area contributed by atoms with E-state index in [2.05, 4.69) is 10.4 Å². The van der Waals surface area contributed by atoms with Gasteiger partial charge in [-0.05, 0) is 69.4 Å². The first kappa shape index (κ1) is 19.2.